The number of sulfone groups is 1. The first-order valence-corrected chi connectivity index (χ1v) is 6.04. The van der Waals surface area contributed by atoms with Crippen LogP contribution in [0.4, 0.5) is 0 Å². The van der Waals surface area contributed by atoms with Gasteiger partial charge in [-0.05, 0) is 12.1 Å². The Bertz CT molecular complexity index is 482. The molecule has 0 unspecified atom stereocenters. The van der Waals surface area contributed by atoms with Crippen LogP contribution >= 0.6 is 0 Å². The molecule has 88 valence electrons. The summed E-state index contributed by atoms with van der Waals surface area (Å²) in [4.78, 5) is 14.7. The van der Waals surface area contributed by atoms with E-state index in [4.69, 9.17) is 5.11 Å². The van der Waals surface area contributed by atoms with E-state index in [9.17, 15) is 13.2 Å². The lowest BCUT2D eigenvalue weighted by Crippen LogP contribution is -2.12. The van der Waals surface area contributed by atoms with Crippen molar-refractivity contribution in [3.8, 4) is 0 Å². The second-order valence-corrected chi connectivity index (χ2v) is 5.02. The van der Waals surface area contributed by atoms with E-state index in [2.05, 4.69) is 9.72 Å². The molecule has 0 bridgehead atoms. The van der Waals surface area contributed by atoms with Crippen molar-refractivity contribution in [2.24, 2.45) is 0 Å². The zero-order valence-electron chi connectivity index (χ0n) is 8.58. The first kappa shape index (κ1) is 12.6. The lowest BCUT2D eigenvalue weighted by atomic mass is 10.3. The minimum Gasteiger partial charge on any atom is -0.464 e. The van der Waals surface area contributed by atoms with Gasteiger partial charge < -0.3 is 9.84 Å². The molecule has 1 heterocycles. The third kappa shape index (κ3) is 2.77. The van der Waals surface area contributed by atoms with Crippen LogP contribution in [0.25, 0.3) is 0 Å². The van der Waals surface area contributed by atoms with E-state index in [0.717, 1.165) is 6.07 Å². The summed E-state index contributed by atoms with van der Waals surface area (Å²) in [5, 5.41) is 8.60. The Kier molecular flexibility index (Phi) is 3.97. The highest BCUT2D eigenvalue weighted by molar-refractivity contribution is 7.91. The third-order valence-electron chi connectivity index (χ3n) is 1.85. The minimum absolute atomic E-state index is 0.0584. The smallest absolute Gasteiger partial charge is 0.356 e. The number of hydrogen-bond donors (Lipinski definition) is 1. The fourth-order valence-electron chi connectivity index (χ4n) is 1.06. The van der Waals surface area contributed by atoms with Gasteiger partial charge >= 0.3 is 5.97 Å². The summed E-state index contributed by atoms with van der Waals surface area (Å²) in [7, 11) is -2.39. The van der Waals surface area contributed by atoms with Crippen LogP contribution in [-0.2, 0) is 14.6 Å². The molecule has 1 aromatic heterocycles. The van der Waals surface area contributed by atoms with Crippen molar-refractivity contribution < 1.29 is 23.1 Å². The van der Waals surface area contributed by atoms with Crippen LogP contribution in [0.5, 0.6) is 0 Å². The van der Waals surface area contributed by atoms with Gasteiger partial charge in [0.2, 0.25) is 0 Å². The van der Waals surface area contributed by atoms with Gasteiger partial charge in [0.25, 0.3) is 0 Å². The molecule has 7 heteroatoms. The van der Waals surface area contributed by atoms with Crippen molar-refractivity contribution in [1.82, 2.24) is 4.98 Å². The van der Waals surface area contributed by atoms with Crippen molar-refractivity contribution in [3.63, 3.8) is 0 Å². The summed E-state index contributed by atoms with van der Waals surface area (Å²) < 4.78 is 27.5. The number of methoxy groups -OCH3 is 1. The van der Waals surface area contributed by atoms with Crippen LogP contribution in [0.2, 0.25) is 0 Å². The van der Waals surface area contributed by atoms with Crippen molar-refractivity contribution in [3.05, 3.63) is 24.0 Å². The largest absolute Gasteiger partial charge is 0.464 e. The quantitative estimate of drug-likeness (QED) is 0.728. The van der Waals surface area contributed by atoms with Crippen molar-refractivity contribution in [2.75, 3.05) is 19.5 Å². The first-order chi connectivity index (χ1) is 7.51. The number of carbonyl (C=O) groups excluding carboxylic acids is 1. The predicted molar refractivity (Wildman–Crippen MR) is 54.7 cm³/mol. The lowest BCUT2D eigenvalue weighted by Gasteiger charge is -2.03. The van der Waals surface area contributed by atoms with Crippen LogP contribution in [-0.4, -0.2) is 43.9 Å². The SMILES string of the molecule is COC(=O)c1cc(S(=O)(=O)CCO)ccn1. The molecule has 0 amide bonds. The van der Waals surface area contributed by atoms with Crippen LogP contribution in [0.1, 0.15) is 10.5 Å². The molecule has 0 aromatic carbocycles. The Labute approximate surface area is 92.8 Å². The maximum absolute atomic E-state index is 11.6. The molecule has 0 aliphatic heterocycles. The molecule has 0 radical (unpaired) electrons. The van der Waals surface area contributed by atoms with Crippen molar-refractivity contribution in [2.45, 2.75) is 4.90 Å². The zero-order valence-corrected chi connectivity index (χ0v) is 9.40. The number of pyridine rings is 1. The molecule has 6 nitrogen and oxygen atoms in total. The molecule has 0 saturated carbocycles. The minimum atomic E-state index is -3.57. The molecule has 0 aliphatic rings. The summed E-state index contributed by atoms with van der Waals surface area (Å²) in [6.45, 7) is -0.474. The number of aliphatic hydroxyl groups excluding tert-OH is 1. The standard InChI is InChI=1S/C9H11NO5S/c1-15-9(12)8-6-7(2-3-10-8)16(13,14)5-4-11/h2-3,6,11H,4-5H2,1H3. The highest BCUT2D eigenvalue weighted by atomic mass is 32.2. The summed E-state index contributed by atoms with van der Waals surface area (Å²) in [6, 6.07) is 2.38. The average Bonchev–Trinajstić information content (AvgIpc) is 2.28. The van der Waals surface area contributed by atoms with Crippen LogP contribution in [0.15, 0.2) is 23.2 Å². The van der Waals surface area contributed by atoms with Gasteiger partial charge in [0.1, 0.15) is 5.69 Å². The molecule has 1 aromatic rings. The third-order valence-corrected chi connectivity index (χ3v) is 3.54. The topological polar surface area (TPSA) is 93.6 Å². The second-order valence-electron chi connectivity index (χ2n) is 2.91. The number of aliphatic hydroxyl groups is 1. The summed E-state index contributed by atoms with van der Waals surface area (Å²) in [5.74, 6) is -1.10. The monoisotopic (exact) mass is 245 g/mol. The van der Waals surface area contributed by atoms with E-state index in [0.29, 0.717) is 0 Å². The molecule has 0 fully saturated rings. The average molecular weight is 245 g/mol. The molecule has 1 N–H and O–H groups in total. The maximum Gasteiger partial charge on any atom is 0.356 e. The number of aromatic nitrogens is 1. The summed E-state index contributed by atoms with van der Waals surface area (Å²) in [6.07, 6.45) is 1.20. The fraction of sp³-hybridized carbons (Fsp3) is 0.333. The van der Waals surface area contributed by atoms with Gasteiger partial charge in [-0.25, -0.2) is 18.2 Å². The van der Waals surface area contributed by atoms with E-state index in [1.165, 1.54) is 19.4 Å². The van der Waals surface area contributed by atoms with E-state index < -0.39 is 28.2 Å². The lowest BCUT2D eigenvalue weighted by molar-refractivity contribution is 0.0593. The molecule has 0 atom stereocenters. The Morgan fingerprint density at radius 2 is 2.25 bits per heavy atom. The van der Waals surface area contributed by atoms with Crippen molar-refractivity contribution in [1.29, 1.82) is 0 Å². The maximum atomic E-state index is 11.6. The summed E-state index contributed by atoms with van der Waals surface area (Å²) >= 11 is 0. The molecule has 0 spiro atoms. The number of hydrogen-bond acceptors (Lipinski definition) is 6. The van der Waals surface area contributed by atoms with Gasteiger partial charge in [-0.1, -0.05) is 0 Å². The van der Waals surface area contributed by atoms with Crippen molar-refractivity contribution >= 4 is 15.8 Å². The van der Waals surface area contributed by atoms with Gasteiger partial charge in [0.05, 0.1) is 24.4 Å². The zero-order chi connectivity index (χ0) is 12.2. The van der Waals surface area contributed by atoms with E-state index >= 15 is 0 Å². The fourth-order valence-corrected chi connectivity index (χ4v) is 2.09. The Morgan fingerprint density at radius 1 is 1.56 bits per heavy atom. The number of nitrogens with zero attached hydrogens (tertiary/aromatic N) is 1. The molecule has 0 aliphatic carbocycles. The Balaban J connectivity index is 3.13. The summed E-state index contributed by atoms with van der Waals surface area (Å²) in [5.41, 5.74) is -0.0819. The second kappa shape index (κ2) is 5.04. The highest BCUT2D eigenvalue weighted by Crippen LogP contribution is 2.11. The number of esters is 1. The number of ether oxygens (including phenoxy) is 1. The van der Waals surface area contributed by atoms with Crippen LogP contribution in [0, 0.1) is 0 Å². The first-order valence-electron chi connectivity index (χ1n) is 4.39. The highest BCUT2D eigenvalue weighted by Gasteiger charge is 2.16. The van der Waals surface area contributed by atoms with E-state index in [-0.39, 0.29) is 10.6 Å². The Hall–Kier alpha value is -1.47. The van der Waals surface area contributed by atoms with E-state index in [1.54, 1.807) is 0 Å². The predicted octanol–water partition coefficient (Wildman–Crippen LogP) is -0.366. The number of carbonyl (C=O) groups is 1. The van der Waals surface area contributed by atoms with Gasteiger partial charge in [-0.2, -0.15) is 0 Å². The normalized spacial score (nSPS) is 11.1. The van der Waals surface area contributed by atoms with Gasteiger partial charge in [-0.3, -0.25) is 0 Å². The molecular weight excluding hydrogens is 234 g/mol. The molecular formula is C9H11NO5S. The number of rotatable bonds is 4. The van der Waals surface area contributed by atoms with Crippen LogP contribution in [0.3, 0.4) is 0 Å². The molecule has 16 heavy (non-hydrogen) atoms. The van der Waals surface area contributed by atoms with Crippen LogP contribution < -0.4 is 0 Å². The van der Waals surface area contributed by atoms with Gasteiger partial charge in [0, 0.05) is 6.20 Å². The molecule has 1 rings (SSSR count). The van der Waals surface area contributed by atoms with Gasteiger partial charge in [0.15, 0.2) is 9.84 Å². The Morgan fingerprint density at radius 3 is 2.81 bits per heavy atom. The van der Waals surface area contributed by atoms with E-state index in [1.807, 2.05) is 0 Å². The molecule has 0 saturated heterocycles. The van der Waals surface area contributed by atoms with Gasteiger partial charge in [-0.15, -0.1) is 0 Å².